The van der Waals surface area contributed by atoms with E-state index in [1.807, 2.05) is 24.4 Å². The fourth-order valence-corrected chi connectivity index (χ4v) is 4.75. The second-order valence-electron chi connectivity index (χ2n) is 9.15. The molecule has 11 heteroatoms. The van der Waals surface area contributed by atoms with Crippen LogP contribution in [0.3, 0.4) is 0 Å². The van der Waals surface area contributed by atoms with Gasteiger partial charge in [-0.3, -0.25) is 4.79 Å². The number of carbonyl (C=O) groups is 3. The van der Waals surface area contributed by atoms with Crippen molar-refractivity contribution in [2.24, 2.45) is 0 Å². The molecule has 3 amide bonds. The van der Waals surface area contributed by atoms with E-state index >= 15 is 0 Å². The summed E-state index contributed by atoms with van der Waals surface area (Å²) < 4.78 is 16.3. The van der Waals surface area contributed by atoms with Gasteiger partial charge in [0.15, 0.2) is 11.5 Å². The predicted molar refractivity (Wildman–Crippen MR) is 144 cm³/mol. The number of nitrogens with zero attached hydrogens (tertiary/aromatic N) is 1. The van der Waals surface area contributed by atoms with Crippen LogP contribution in [-0.4, -0.2) is 54.1 Å². The molecule has 208 valence electrons. The molecule has 10 nitrogen and oxygen atoms in total. The number of aliphatic carboxylic acids is 1. The molecule has 3 rings (SSSR count). The summed E-state index contributed by atoms with van der Waals surface area (Å²) in [5, 5.41) is 17.0. The first-order valence-corrected chi connectivity index (χ1v) is 13.9. The monoisotopic (exact) mass is 547 g/mol. The Morgan fingerprint density at radius 3 is 2.61 bits per heavy atom. The van der Waals surface area contributed by atoms with Crippen molar-refractivity contribution in [2.45, 2.75) is 71.0 Å². The van der Waals surface area contributed by atoms with Crippen molar-refractivity contribution in [1.82, 2.24) is 15.5 Å². The molecule has 0 unspecified atom stereocenters. The molecule has 0 bridgehead atoms. The van der Waals surface area contributed by atoms with Gasteiger partial charge in [0.05, 0.1) is 25.0 Å². The summed E-state index contributed by atoms with van der Waals surface area (Å²) in [6.45, 7) is 5.30. The number of fused-ring (bicyclic) bond motifs is 1. The Morgan fingerprint density at radius 1 is 1.11 bits per heavy atom. The topological polar surface area (TPSA) is 126 Å². The van der Waals surface area contributed by atoms with Gasteiger partial charge in [0.2, 0.25) is 6.79 Å². The van der Waals surface area contributed by atoms with Crippen molar-refractivity contribution >= 4 is 29.4 Å². The molecular weight excluding hydrogens is 510 g/mol. The number of hydrogen-bond acceptors (Lipinski definition) is 7. The molecule has 0 spiro atoms. The van der Waals surface area contributed by atoms with Crippen LogP contribution in [0, 0.1) is 0 Å². The van der Waals surface area contributed by atoms with Gasteiger partial charge in [-0.05, 0) is 42.0 Å². The standard InChI is InChI=1S/C27H37N3O7S/c1-3-5-8-20(17-35-27(34)30(12-6-4-2)16-21-9-7-13-38-21)28-26(33)29-22(15-25(31)32)19-10-11-23-24(14-19)37-18-36-23/h7,9-11,13-14,20,22H,3-6,8,12,15-18H2,1-2H3,(H,31,32)(H2,28,29,33)/t20-,22-/m0/s1. The van der Waals surface area contributed by atoms with Crippen molar-refractivity contribution in [2.75, 3.05) is 19.9 Å². The third-order valence-corrected chi connectivity index (χ3v) is 6.96. The van der Waals surface area contributed by atoms with Crippen LogP contribution < -0.4 is 20.1 Å². The maximum Gasteiger partial charge on any atom is 0.410 e. The van der Waals surface area contributed by atoms with Crippen LogP contribution in [0.2, 0.25) is 0 Å². The highest BCUT2D eigenvalue weighted by Crippen LogP contribution is 2.34. The molecule has 2 atom stereocenters. The van der Waals surface area contributed by atoms with Gasteiger partial charge in [0, 0.05) is 11.4 Å². The van der Waals surface area contributed by atoms with Crippen molar-refractivity contribution in [3.63, 3.8) is 0 Å². The van der Waals surface area contributed by atoms with E-state index in [1.54, 1.807) is 34.4 Å². The smallest absolute Gasteiger partial charge is 0.410 e. The zero-order chi connectivity index (χ0) is 27.3. The lowest BCUT2D eigenvalue weighted by Crippen LogP contribution is -2.46. The molecule has 0 radical (unpaired) electrons. The van der Waals surface area contributed by atoms with Crippen LogP contribution in [0.25, 0.3) is 0 Å². The molecule has 38 heavy (non-hydrogen) atoms. The van der Waals surface area contributed by atoms with E-state index in [0.29, 0.717) is 36.6 Å². The largest absolute Gasteiger partial charge is 0.481 e. The average Bonchev–Trinajstić information content (AvgIpc) is 3.58. The third-order valence-electron chi connectivity index (χ3n) is 6.10. The molecular formula is C27H37N3O7S. The van der Waals surface area contributed by atoms with E-state index in [2.05, 4.69) is 17.6 Å². The number of carboxylic acid groups (broad SMARTS) is 1. The normalized spacial score (nSPS) is 13.4. The van der Waals surface area contributed by atoms with Crippen LogP contribution in [0.4, 0.5) is 9.59 Å². The molecule has 3 N–H and O–H groups in total. The highest BCUT2D eigenvalue weighted by molar-refractivity contribution is 7.09. The number of benzene rings is 1. The number of amides is 3. The lowest BCUT2D eigenvalue weighted by Gasteiger charge is -2.25. The molecule has 1 aliphatic heterocycles. The Labute approximate surface area is 227 Å². The number of urea groups is 1. The maximum atomic E-state index is 12.9. The number of ether oxygens (including phenoxy) is 3. The van der Waals surface area contributed by atoms with Crippen molar-refractivity contribution in [1.29, 1.82) is 0 Å². The Morgan fingerprint density at radius 2 is 1.89 bits per heavy atom. The number of carboxylic acids is 1. The van der Waals surface area contributed by atoms with E-state index in [9.17, 15) is 19.5 Å². The van der Waals surface area contributed by atoms with Crippen molar-refractivity contribution < 1.29 is 33.7 Å². The highest BCUT2D eigenvalue weighted by Gasteiger charge is 2.24. The van der Waals surface area contributed by atoms with Crippen LogP contribution in [-0.2, 0) is 16.1 Å². The minimum atomic E-state index is -1.05. The second kappa shape index (κ2) is 15.1. The summed E-state index contributed by atoms with van der Waals surface area (Å²) in [6, 6.07) is 7.27. The number of carbonyl (C=O) groups excluding carboxylic acids is 2. The van der Waals surface area contributed by atoms with Gasteiger partial charge >= 0.3 is 18.1 Å². The molecule has 1 aliphatic rings. The zero-order valence-electron chi connectivity index (χ0n) is 21.9. The predicted octanol–water partition coefficient (Wildman–Crippen LogP) is 5.29. The Bertz CT molecular complexity index is 1050. The van der Waals surface area contributed by atoms with E-state index in [-0.39, 0.29) is 19.8 Å². The van der Waals surface area contributed by atoms with Crippen LogP contribution in [0.15, 0.2) is 35.7 Å². The molecule has 0 saturated heterocycles. The van der Waals surface area contributed by atoms with Gasteiger partial charge < -0.3 is 34.9 Å². The number of hydrogen-bond donors (Lipinski definition) is 3. The summed E-state index contributed by atoms with van der Waals surface area (Å²) in [5.74, 6) is 0.0196. The van der Waals surface area contributed by atoms with Gasteiger partial charge in [0.1, 0.15) is 6.61 Å². The maximum absolute atomic E-state index is 12.9. The first-order chi connectivity index (χ1) is 18.4. The van der Waals surface area contributed by atoms with E-state index in [1.165, 1.54) is 0 Å². The molecule has 0 aliphatic carbocycles. The summed E-state index contributed by atoms with van der Waals surface area (Å²) in [6.07, 6.45) is 3.45. The molecule has 0 fully saturated rings. The summed E-state index contributed by atoms with van der Waals surface area (Å²) in [4.78, 5) is 40.1. The van der Waals surface area contributed by atoms with E-state index < -0.39 is 30.2 Å². The minimum Gasteiger partial charge on any atom is -0.481 e. The number of nitrogens with one attached hydrogen (secondary N) is 2. The van der Waals surface area contributed by atoms with Gasteiger partial charge in [-0.15, -0.1) is 11.3 Å². The van der Waals surface area contributed by atoms with Crippen molar-refractivity contribution in [3.05, 3.63) is 46.2 Å². The lowest BCUT2D eigenvalue weighted by atomic mass is 10.0. The third kappa shape index (κ3) is 9.13. The fraction of sp³-hybridized carbons (Fsp3) is 0.519. The van der Waals surface area contributed by atoms with Gasteiger partial charge in [-0.1, -0.05) is 45.2 Å². The van der Waals surface area contributed by atoms with Gasteiger partial charge in [-0.25, -0.2) is 9.59 Å². The summed E-state index contributed by atoms with van der Waals surface area (Å²) >= 11 is 1.59. The average molecular weight is 548 g/mol. The number of rotatable bonds is 15. The highest BCUT2D eigenvalue weighted by atomic mass is 32.1. The Balaban J connectivity index is 1.61. The SMILES string of the molecule is CCCC[C@@H](COC(=O)N(CCCC)Cc1cccs1)NC(=O)N[C@@H](CC(=O)O)c1ccc2c(c1)OCO2. The first kappa shape index (κ1) is 29.1. The number of thiophene rings is 1. The van der Waals surface area contributed by atoms with E-state index in [4.69, 9.17) is 14.2 Å². The first-order valence-electron chi connectivity index (χ1n) is 13.0. The lowest BCUT2D eigenvalue weighted by molar-refractivity contribution is -0.137. The zero-order valence-corrected chi connectivity index (χ0v) is 22.8. The minimum absolute atomic E-state index is 0.0208. The van der Waals surface area contributed by atoms with Gasteiger partial charge in [0.25, 0.3) is 0 Å². The number of unbranched alkanes of at least 4 members (excludes halogenated alkanes) is 2. The van der Waals surface area contributed by atoms with Crippen LogP contribution >= 0.6 is 11.3 Å². The second-order valence-corrected chi connectivity index (χ2v) is 10.2. The molecule has 0 saturated carbocycles. The van der Waals surface area contributed by atoms with E-state index in [0.717, 1.165) is 30.6 Å². The van der Waals surface area contributed by atoms with Crippen LogP contribution in [0.1, 0.15) is 68.9 Å². The summed E-state index contributed by atoms with van der Waals surface area (Å²) in [5.41, 5.74) is 0.587. The van der Waals surface area contributed by atoms with Crippen LogP contribution in [0.5, 0.6) is 11.5 Å². The van der Waals surface area contributed by atoms with Crippen molar-refractivity contribution in [3.8, 4) is 11.5 Å². The molecule has 1 aromatic carbocycles. The molecule has 1 aromatic heterocycles. The molecule has 2 heterocycles. The summed E-state index contributed by atoms with van der Waals surface area (Å²) in [7, 11) is 0. The fourth-order valence-electron chi connectivity index (χ4n) is 4.03. The van der Waals surface area contributed by atoms with Gasteiger partial charge in [-0.2, -0.15) is 0 Å². The Kier molecular flexibility index (Phi) is 11.5. The molecule has 2 aromatic rings. The Hall–Kier alpha value is -3.47. The quantitative estimate of drug-likeness (QED) is 0.277.